The SMILES string of the molecule is CC(C)Oc1ccc(Sc2cn([C@@H]3O[C@H](CO)[C@@H](O)[C@H](O)[C@H]3O)c3cc(O)ccc23)c(F)c1. The molecule has 0 spiro atoms. The first-order valence-electron chi connectivity index (χ1n) is 10.5. The van der Waals surface area contributed by atoms with Crippen LogP contribution in [0.2, 0.25) is 0 Å². The molecule has 8 nitrogen and oxygen atoms in total. The van der Waals surface area contributed by atoms with E-state index in [1.165, 1.54) is 22.8 Å². The third-order valence-electron chi connectivity index (χ3n) is 5.42. The van der Waals surface area contributed by atoms with Gasteiger partial charge >= 0.3 is 0 Å². The van der Waals surface area contributed by atoms with Crippen molar-refractivity contribution in [2.45, 2.75) is 60.4 Å². The summed E-state index contributed by atoms with van der Waals surface area (Å²) in [7, 11) is 0. The summed E-state index contributed by atoms with van der Waals surface area (Å²) in [6, 6.07) is 9.19. The fourth-order valence-corrected chi connectivity index (χ4v) is 4.82. The summed E-state index contributed by atoms with van der Waals surface area (Å²) in [6.45, 7) is 3.14. The number of aromatic hydroxyl groups is 1. The van der Waals surface area contributed by atoms with Crippen LogP contribution in [0.3, 0.4) is 0 Å². The molecule has 1 fully saturated rings. The van der Waals surface area contributed by atoms with Crippen molar-refractivity contribution in [1.29, 1.82) is 0 Å². The molecule has 1 saturated heterocycles. The number of fused-ring (bicyclic) bond motifs is 1. The molecule has 2 aromatic carbocycles. The monoisotopic (exact) mass is 479 g/mol. The number of aliphatic hydroxyl groups is 4. The Labute approximate surface area is 193 Å². The maximum atomic E-state index is 14.8. The molecule has 0 radical (unpaired) electrons. The van der Waals surface area contributed by atoms with Crippen LogP contribution in [-0.2, 0) is 4.74 Å². The predicted octanol–water partition coefficient (Wildman–Crippen LogP) is 2.40. The third kappa shape index (κ3) is 4.68. The molecule has 2 heterocycles. The van der Waals surface area contributed by atoms with Crippen LogP contribution in [0.5, 0.6) is 11.5 Å². The third-order valence-corrected chi connectivity index (χ3v) is 6.51. The maximum Gasteiger partial charge on any atom is 0.163 e. The zero-order chi connectivity index (χ0) is 23.9. The molecule has 33 heavy (non-hydrogen) atoms. The summed E-state index contributed by atoms with van der Waals surface area (Å²) in [4.78, 5) is 0.949. The molecule has 1 aliphatic rings. The molecule has 178 valence electrons. The second-order valence-corrected chi connectivity index (χ2v) is 9.27. The average molecular weight is 480 g/mol. The highest BCUT2D eigenvalue weighted by Gasteiger charge is 2.44. The van der Waals surface area contributed by atoms with Gasteiger partial charge in [0.1, 0.15) is 41.7 Å². The minimum atomic E-state index is -1.56. The molecule has 0 saturated carbocycles. The number of rotatable bonds is 6. The molecule has 10 heteroatoms. The van der Waals surface area contributed by atoms with Gasteiger partial charge in [0.25, 0.3) is 0 Å². The van der Waals surface area contributed by atoms with Crippen molar-refractivity contribution < 1.29 is 39.4 Å². The number of hydrogen-bond donors (Lipinski definition) is 5. The van der Waals surface area contributed by atoms with Crippen LogP contribution in [0, 0.1) is 5.82 Å². The molecule has 1 aromatic heterocycles. The largest absolute Gasteiger partial charge is 0.508 e. The Balaban J connectivity index is 1.73. The van der Waals surface area contributed by atoms with Crippen LogP contribution in [0.15, 0.2) is 52.4 Å². The van der Waals surface area contributed by atoms with Gasteiger partial charge in [0, 0.05) is 33.5 Å². The van der Waals surface area contributed by atoms with E-state index in [4.69, 9.17) is 9.47 Å². The van der Waals surface area contributed by atoms with Gasteiger partial charge in [-0.05, 0) is 38.1 Å². The van der Waals surface area contributed by atoms with Gasteiger partial charge in [-0.15, -0.1) is 0 Å². The van der Waals surface area contributed by atoms with Gasteiger partial charge < -0.3 is 39.6 Å². The zero-order valence-electron chi connectivity index (χ0n) is 18.0. The molecule has 0 unspecified atom stereocenters. The van der Waals surface area contributed by atoms with Gasteiger partial charge in [-0.1, -0.05) is 11.8 Å². The molecular formula is C23H26FNO7S. The summed E-state index contributed by atoms with van der Waals surface area (Å²) < 4.78 is 27.5. The number of phenols is 1. The van der Waals surface area contributed by atoms with Crippen molar-refractivity contribution in [1.82, 2.24) is 4.57 Å². The Morgan fingerprint density at radius 2 is 1.82 bits per heavy atom. The highest BCUT2D eigenvalue weighted by molar-refractivity contribution is 7.99. The molecule has 0 amide bonds. The Morgan fingerprint density at radius 3 is 2.48 bits per heavy atom. The van der Waals surface area contributed by atoms with Crippen LogP contribution in [0.1, 0.15) is 20.1 Å². The number of halogens is 1. The summed E-state index contributed by atoms with van der Waals surface area (Å²) in [5.74, 6) is -0.0875. The lowest BCUT2D eigenvalue weighted by molar-refractivity contribution is -0.250. The van der Waals surface area contributed by atoms with Crippen molar-refractivity contribution >= 4 is 22.7 Å². The van der Waals surface area contributed by atoms with E-state index in [1.54, 1.807) is 24.4 Å². The van der Waals surface area contributed by atoms with E-state index in [0.29, 0.717) is 26.4 Å². The Hall–Kier alpha value is -2.34. The molecule has 5 N–H and O–H groups in total. The predicted molar refractivity (Wildman–Crippen MR) is 119 cm³/mol. The first kappa shape index (κ1) is 23.8. The second kappa shape index (κ2) is 9.49. The summed E-state index contributed by atoms with van der Waals surface area (Å²) in [5.41, 5.74) is 0.460. The highest BCUT2D eigenvalue weighted by Crippen LogP contribution is 2.41. The fourth-order valence-electron chi connectivity index (χ4n) is 3.84. The summed E-state index contributed by atoms with van der Waals surface area (Å²) in [5, 5.41) is 51.0. The van der Waals surface area contributed by atoms with Crippen molar-refractivity contribution in [3.63, 3.8) is 0 Å². The summed E-state index contributed by atoms with van der Waals surface area (Å²) >= 11 is 1.14. The van der Waals surface area contributed by atoms with E-state index in [1.807, 2.05) is 13.8 Å². The maximum absolute atomic E-state index is 14.8. The Kier molecular flexibility index (Phi) is 6.85. The van der Waals surface area contributed by atoms with Crippen LogP contribution in [0.4, 0.5) is 4.39 Å². The number of hydrogen-bond acceptors (Lipinski definition) is 8. The number of ether oxygens (including phenoxy) is 2. The van der Waals surface area contributed by atoms with Crippen molar-refractivity contribution in [3.05, 3.63) is 48.4 Å². The molecule has 5 atom stereocenters. The normalized spacial score (nSPS) is 25.6. The van der Waals surface area contributed by atoms with Gasteiger partial charge in [-0.3, -0.25) is 0 Å². The van der Waals surface area contributed by atoms with Crippen molar-refractivity contribution in [2.75, 3.05) is 6.61 Å². The molecule has 1 aliphatic heterocycles. The van der Waals surface area contributed by atoms with Crippen molar-refractivity contribution in [2.24, 2.45) is 0 Å². The average Bonchev–Trinajstić information content (AvgIpc) is 3.11. The lowest BCUT2D eigenvalue weighted by Crippen LogP contribution is -2.56. The minimum absolute atomic E-state index is 0.0376. The topological polar surface area (TPSA) is 125 Å². The van der Waals surface area contributed by atoms with Gasteiger partial charge in [0.15, 0.2) is 6.23 Å². The van der Waals surface area contributed by atoms with Gasteiger partial charge in [-0.25, -0.2) is 4.39 Å². The van der Waals surface area contributed by atoms with E-state index in [0.717, 1.165) is 11.8 Å². The standard InChI is InChI=1S/C23H26FNO7S/c1-11(2)31-13-4-6-18(15(24)8-13)33-19-9-25(16-7-12(27)3-5-14(16)19)23-22(30)21(29)20(28)17(10-26)32-23/h3-9,11,17,20-23,26-30H,10H2,1-2H3/t17-,20-,21+,22-,23-/m1/s1. The van der Waals surface area contributed by atoms with E-state index in [9.17, 15) is 29.9 Å². The first-order valence-corrected chi connectivity index (χ1v) is 11.3. The summed E-state index contributed by atoms with van der Waals surface area (Å²) in [6.07, 6.45) is -5.30. The van der Waals surface area contributed by atoms with E-state index in [-0.39, 0.29) is 11.9 Å². The van der Waals surface area contributed by atoms with E-state index < -0.39 is 43.1 Å². The number of aliphatic hydroxyl groups excluding tert-OH is 4. The molecule has 4 rings (SSSR count). The van der Waals surface area contributed by atoms with Crippen LogP contribution in [-0.4, -0.2) is 67.2 Å². The number of benzene rings is 2. The molecule has 0 aliphatic carbocycles. The van der Waals surface area contributed by atoms with Crippen molar-refractivity contribution in [3.8, 4) is 11.5 Å². The number of aromatic nitrogens is 1. The van der Waals surface area contributed by atoms with E-state index >= 15 is 0 Å². The fraction of sp³-hybridized carbons (Fsp3) is 0.391. The van der Waals surface area contributed by atoms with Crippen LogP contribution in [0.25, 0.3) is 10.9 Å². The molecule has 0 bridgehead atoms. The molecule has 3 aromatic rings. The minimum Gasteiger partial charge on any atom is -0.508 e. The first-order chi connectivity index (χ1) is 15.7. The number of phenolic OH excluding ortho intramolecular Hbond substituents is 1. The highest BCUT2D eigenvalue weighted by atomic mass is 32.2. The van der Waals surface area contributed by atoms with Gasteiger partial charge in [-0.2, -0.15) is 0 Å². The lowest BCUT2D eigenvalue weighted by Gasteiger charge is -2.40. The molecular weight excluding hydrogens is 453 g/mol. The van der Waals surface area contributed by atoms with E-state index in [2.05, 4.69) is 0 Å². The number of nitrogens with zero attached hydrogens (tertiary/aromatic N) is 1. The Bertz CT molecular complexity index is 1140. The van der Waals surface area contributed by atoms with Gasteiger partial charge in [0.2, 0.25) is 0 Å². The second-order valence-electron chi connectivity index (χ2n) is 8.18. The zero-order valence-corrected chi connectivity index (χ0v) is 18.8. The van der Waals surface area contributed by atoms with Crippen LogP contribution < -0.4 is 4.74 Å². The quantitative estimate of drug-likeness (QED) is 0.365. The Morgan fingerprint density at radius 1 is 1.06 bits per heavy atom. The smallest absolute Gasteiger partial charge is 0.163 e. The van der Waals surface area contributed by atoms with Gasteiger partial charge in [0.05, 0.1) is 18.2 Å². The van der Waals surface area contributed by atoms with Crippen LogP contribution >= 0.6 is 11.8 Å². The lowest BCUT2D eigenvalue weighted by atomic mass is 9.98.